The summed E-state index contributed by atoms with van der Waals surface area (Å²) in [4.78, 5) is 12.7. The van der Waals surface area contributed by atoms with E-state index in [-0.39, 0.29) is 0 Å². The molecule has 1 saturated carbocycles. The van der Waals surface area contributed by atoms with E-state index in [1.165, 1.54) is 89.9 Å². The van der Waals surface area contributed by atoms with Crippen molar-refractivity contribution in [1.29, 1.82) is 5.26 Å². The molecular weight excluding hydrogens is 482 g/mol. The first-order valence-corrected chi connectivity index (χ1v) is 15.6. The van der Waals surface area contributed by atoms with Crippen LogP contribution < -0.4 is 9.47 Å². The maximum atomic E-state index is 12.7. The molecule has 0 amide bonds. The van der Waals surface area contributed by atoms with E-state index >= 15 is 0 Å². The van der Waals surface area contributed by atoms with Crippen molar-refractivity contribution in [3.8, 4) is 17.6 Å². The fourth-order valence-electron chi connectivity index (χ4n) is 5.69. The van der Waals surface area contributed by atoms with Crippen LogP contribution in [0.15, 0.2) is 42.5 Å². The molecule has 0 aromatic heterocycles. The van der Waals surface area contributed by atoms with E-state index in [2.05, 4.69) is 19.9 Å². The number of hydrogen-bond donors (Lipinski definition) is 0. The van der Waals surface area contributed by atoms with Crippen molar-refractivity contribution < 1.29 is 14.3 Å². The Kier molecular flexibility index (Phi) is 14.0. The number of rotatable bonds is 17. The summed E-state index contributed by atoms with van der Waals surface area (Å²) >= 11 is 0. The Hall–Kier alpha value is -2.80. The van der Waals surface area contributed by atoms with Gasteiger partial charge < -0.3 is 9.47 Å². The molecule has 0 spiro atoms. The van der Waals surface area contributed by atoms with Crippen molar-refractivity contribution in [3.05, 3.63) is 59.2 Å². The van der Waals surface area contributed by atoms with Gasteiger partial charge >= 0.3 is 5.97 Å². The quantitative estimate of drug-likeness (QED) is 0.116. The molecule has 1 aliphatic rings. The predicted molar refractivity (Wildman–Crippen MR) is 159 cm³/mol. The summed E-state index contributed by atoms with van der Waals surface area (Å²) < 4.78 is 11.4. The number of ether oxygens (including phenoxy) is 2. The highest BCUT2D eigenvalue weighted by Crippen LogP contribution is 2.34. The Morgan fingerprint density at radius 2 is 1.46 bits per heavy atom. The third-order valence-corrected chi connectivity index (χ3v) is 8.25. The molecule has 0 saturated heterocycles. The smallest absolute Gasteiger partial charge is 0.343 e. The minimum absolute atomic E-state index is 0.322. The zero-order chi connectivity index (χ0) is 27.7. The third kappa shape index (κ3) is 11.1. The maximum absolute atomic E-state index is 12.7. The lowest BCUT2D eigenvalue weighted by Gasteiger charge is -2.28. The summed E-state index contributed by atoms with van der Waals surface area (Å²) in [6.07, 6.45) is 20.4. The van der Waals surface area contributed by atoms with Crippen LogP contribution in [0, 0.1) is 23.2 Å². The van der Waals surface area contributed by atoms with E-state index in [0.29, 0.717) is 23.5 Å². The Balaban J connectivity index is 1.42. The van der Waals surface area contributed by atoms with Crippen molar-refractivity contribution >= 4 is 5.97 Å². The molecular formula is C35H49NO3. The molecule has 4 nitrogen and oxygen atoms in total. The maximum Gasteiger partial charge on any atom is 0.343 e. The van der Waals surface area contributed by atoms with Crippen LogP contribution in [-0.4, -0.2) is 12.6 Å². The largest absolute Gasteiger partial charge is 0.494 e. The van der Waals surface area contributed by atoms with Crippen LogP contribution in [0.3, 0.4) is 0 Å². The van der Waals surface area contributed by atoms with E-state index in [1.807, 2.05) is 12.1 Å². The Morgan fingerprint density at radius 3 is 2.15 bits per heavy atom. The lowest BCUT2D eigenvalue weighted by Crippen LogP contribution is -2.15. The number of nitrogens with zero attached hydrogens (tertiary/aromatic N) is 1. The monoisotopic (exact) mass is 531 g/mol. The number of hydrogen-bond acceptors (Lipinski definition) is 4. The molecule has 2 aromatic rings. The molecule has 39 heavy (non-hydrogen) atoms. The Labute approximate surface area is 237 Å². The molecule has 0 atom stereocenters. The first kappa shape index (κ1) is 30.7. The molecule has 1 aliphatic carbocycles. The Morgan fingerprint density at radius 1 is 0.821 bits per heavy atom. The first-order chi connectivity index (χ1) is 19.1. The van der Waals surface area contributed by atoms with Gasteiger partial charge in [0.1, 0.15) is 17.6 Å². The number of aryl methyl sites for hydroxylation is 1. The summed E-state index contributed by atoms with van der Waals surface area (Å²) in [5.74, 6) is 2.33. The first-order valence-electron chi connectivity index (χ1n) is 15.6. The molecule has 2 aromatic carbocycles. The van der Waals surface area contributed by atoms with Gasteiger partial charge in [0.15, 0.2) is 0 Å². The van der Waals surface area contributed by atoms with Crippen LogP contribution in [0.25, 0.3) is 0 Å². The van der Waals surface area contributed by atoms with Gasteiger partial charge in [-0.3, -0.25) is 0 Å². The molecule has 0 aliphatic heterocycles. The fourth-order valence-corrected chi connectivity index (χ4v) is 5.69. The van der Waals surface area contributed by atoms with Crippen LogP contribution in [0.2, 0.25) is 0 Å². The van der Waals surface area contributed by atoms with Crippen LogP contribution in [0.4, 0.5) is 0 Å². The van der Waals surface area contributed by atoms with Crippen LogP contribution in [0.1, 0.15) is 132 Å². The number of carbonyl (C=O) groups excluding carboxylic acids is 1. The number of nitriles is 1. The molecule has 3 rings (SSSR count). The fraction of sp³-hybridized carbons (Fsp3) is 0.600. The highest BCUT2D eigenvalue weighted by Gasteiger charge is 2.21. The number of benzene rings is 2. The van der Waals surface area contributed by atoms with Crippen molar-refractivity contribution in [3.63, 3.8) is 0 Å². The number of carbonyl (C=O) groups is 1. The molecule has 0 heterocycles. The molecule has 0 radical (unpaired) electrons. The normalized spacial score (nSPS) is 16.9. The Bertz CT molecular complexity index is 1020. The van der Waals surface area contributed by atoms with Crippen molar-refractivity contribution in [1.82, 2.24) is 0 Å². The average Bonchev–Trinajstić information content (AvgIpc) is 2.97. The van der Waals surface area contributed by atoms with Gasteiger partial charge in [-0.25, -0.2) is 4.79 Å². The van der Waals surface area contributed by atoms with Gasteiger partial charge in [-0.05, 0) is 73.1 Å². The highest BCUT2D eigenvalue weighted by molar-refractivity contribution is 5.91. The minimum Gasteiger partial charge on any atom is -0.494 e. The molecule has 0 unspecified atom stereocenters. The molecule has 1 fully saturated rings. The standard InChI is InChI=1S/C35H49NO3/c1-3-5-7-8-9-11-25-38-33-22-20-31(21-23-33)35(37)39-34-24-19-30(26-32(34)27-36)18-17-29-15-13-28(14-16-29)12-10-6-4-2/h19-24,26,28-29H,3-18,25H2,1-2H3/t28-,29-. The van der Waals surface area contributed by atoms with Gasteiger partial charge in [0, 0.05) is 0 Å². The number of unbranched alkanes of at least 4 members (excludes halogenated alkanes) is 7. The third-order valence-electron chi connectivity index (χ3n) is 8.25. The van der Waals surface area contributed by atoms with Crippen LogP contribution in [-0.2, 0) is 6.42 Å². The van der Waals surface area contributed by atoms with E-state index in [1.54, 1.807) is 30.3 Å². The minimum atomic E-state index is -0.461. The lowest BCUT2D eigenvalue weighted by molar-refractivity contribution is 0.0734. The molecule has 0 bridgehead atoms. The van der Waals surface area contributed by atoms with E-state index in [9.17, 15) is 10.1 Å². The van der Waals surface area contributed by atoms with Crippen molar-refractivity contribution in [2.45, 2.75) is 117 Å². The van der Waals surface area contributed by atoms with E-state index in [0.717, 1.165) is 36.0 Å². The molecule has 4 heteroatoms. The summed E-state index contributed by atoms with van der Waals surface area (Å²) in [6.45, 7) is 5.19. The van der Waals surface area contributed by atoms with Gasteiger partial charge in [0.05, 0.1) is 17.7 Å². The highest BCUT2D eigenvalue weighted by atomic mass is 16.5. The van der Waals surface area contributed by atoms with E-state index < -0.39 is 5.97 Å². The average molecular weight is 532 g/mol. The SMILES string of the molecule is CCCCCCCCOc1ccc(C(=O)Oc2ccc(CC[C@H]3CC[C@H](CCCCC)CC3)cc2C#N)cc1. The summed E-state index contributed by atoms with van der Waals surface area (Å²) in [7, 11) is 0. The lowest BCUT2D eigenvalue weighted by atomic mass is 9.78. The number of esters is 1. The zero-order valence-electron chi connectivity index (χ0n) is 24.4. The van der Waals surface area contributed by atoms with Crippen LogP contribution >= 0.6 is 0 Å². The van der Waals surface area contributed by atoms with Gasteiger partial charge in [-0.1, -0.05) is 103 Å². The summed E-state index contributed by atoms with van der Waals surface area (Å²) in [6, 6.07) is 14.9. The van der Waals surface area contributed by atoms with Gasteiger partial charge in [-0.2, -0.15) is 5.26 Å². The second-order valence-corrected chi connectivity index (χ2v) is 11.4. The summed E-state index contributed by atoms with van der Waals surface area (Å²) in [5, 5.41) is 9.70. The van der Waals surface area contributed by atoms with Crippen molar-refractivity contribution in [2.75, 3.05) is 6.61 Å². The molecule has 212 valence electrons. The van der Waals surface area contributed by atoms with Gasteiger partial charge in [0.2, 0.25) is 0 Å². The zero-order valence-corrected chi connectivity index (χ0v) is 24.4. The van der Waals surface area contributed by atoms with Crippen LogP contribution in [0.5, 0.6) is 11.5 Å². The van der Waals surface area contributed by atoms with E-state index in [4.69, 9.17) is 9.47 Å². The molecule has 0 N–H and O–H groups in total. The second kappa shape index (κ2) is 17.7. The van der Waals surface area contributed by atoms with Gasteiger partial charge in [-0.15, -0.1) is 0 Å². The topological polar surface area (TPSA) is 59.3 Å². The van der Waals surface area contributed by atoms with Gasteiger partial charge in [0.25, 0.3) is 0 Å². The predicted octanol–water partition coefficient (Wildman–Crippen LogP) is 9.84. The summed E-state index contributed by atoms with van der Waals surface area (Å²) in [5.41, 5.74) is 2.00. The second-order valence-electron chi connectivity index (χ2n) is 11.4. The van der Waals surface area contributed by atoms with Crippen molar-refractivity contribution in [2.24, 2.45) is 11.8 Å².